The predicted molar refractivity (Wildman–Crippen MR) is 82.5 cm³/mol. The Labute approximate surface area is 134 Å². The topological polar surface area (TPSA) is 38.8 Å². The smallest absolute Gasteiger partial charge is 0.420 e. The lowest BCUT2D eigenvalue weighted by molar-refractivity contribution is 0.137. The van der Waals surface area contributed by atoms with Crippen LogP contribution in [-0.2, 0) is 4.74 Å². The molecule has 7 heteroatoms. The van der Waals surface area contributed by atoms with Gasteiger partial charge in [-0.05, 0) is 46.4 Å². The van der Waals surface area contributed by atoms with Crippen LogP contribution in [0.1, 0.15) is 18.9 Å². The summed E-state index contributed by atoms with van der Waals surface area (Å²) in [6.07, 6.45) is 0.350. The molecule has 0 N–H and O–H groups in total. The molecule has 0 aromatic heterocycles. The van der Waals surface area contributed by atoms with Crippen LogP contribution in [0.4, 0.5) is 9.18 Å². The maximum Gasteiger partial charge on any atom is 0.420 e. The number of nitrogens with zero attached hydrogens (tertiary/aromatic N) is 1. The van der Waals surface area contributed by atoms with Crippen molar-refractivity contribution in [3.63, 3.8) is 0 Å². The van der Waals surface area contributed by atoms with Gasteiger partial charge in [0.1, 0.15) is 11.6 Å². The monoisotopic (exact) mass is 373 g/mol. The average Bonchev–Trinajstić information content (AvgIpc) is 2.80. The molecular formula is C14H13BrFNO3S. The molecule has 0 radical (unpaired) electrons. The first-order chi connectivity index (χ1) is 10.1. The van der Waals surface area contributed by atoms with Crippen molar-refractivity contribution in [2.75, 3.05) is 19.8 Å². The number of fused-ring (bicyclic) bond motifs is 2. The largest absolute Gasteiger partial charge is 0.492 e. The molecule has 1 amide bonds. The Morgan fingerprint density at radius 2 is 2.38 bits per heavy atom. The fourth-order valence-electron chi connectivity index (χ4n) is 2.32. The number of ether oxygens (including phenoxy) is 2. The minimum Gasteiger partial charge on any atom is -0.492 e. The van der Waals surface area contributed by atoms with Crippen molar-refractivity contribution in [2.45, 2.75) is 13.3 Å². The molecule has 0 saturated carbocycles. The van der Waals surface area contributed by atoms with Gasteiger partial charge < -0.3 is 9.47 Å². The zero-order chi connectivity index (χ0) is 15.0. The summed E-state index contributed by atoms with van der Waals surface area (Å²) in [4.78, 5) is 12.9. The first-order valence-corrected chi connectivity index (χ1v) is 8.13. The van der Waals surface area contributed by atoms with Crippen molar-refractivity contribution in [2.24, 2.45) is 0 Å². The molecule has 1 aromatic rings. The average molecular weight is 374 g/mol. The minimum atomic E-state index is -0.356. The van der Waals surface area contributed by atoms with E-state index in [4.69, 9.17) is 9.47 Å². The Balaban J connectivity index is 1.94. The normalized spacial score (nSPS) is 17.0. The van der Waals surface area contributed by atoms with E-state index in [9.17, 15) is 9.18 Å². The van der Waals surface area contributed by atoms with E-state index >= 15 is 0 Å². The molecule has 0 saturated heterocycles. The second kappa shape index (κ2) is 5.88. The van der Waals surface area contributed by atoms with Crippen molar-refractivity contribution >= 4 is 39.5 Å². The Hall–Kier alpha value is -1.21. The lowest BCUT2D eigenvalue weighted by Gasteiger charge is -2.16. The third kappa shape index (κ3) is 2.76. The summed E-state index contributed by atoms with van der Waals surface area (Å²) in [7, 11) is 0. The molecule has 2 aliphatic heterocycles. The molecule has 0 bridgehead atoms. The standard InChI is InChI=1S/C14H13BrFNO3S/c1-2-19-14(18)17-7-9-8-5-10(15)11(16)6-12(8)20-4-3-13(9)21-17/h5-6H,2-4,7H2,1H3. The second-order valence-corrected chi connectivity index (χ2v) is 6.56. The first-order valence-electron chi connectivity index (χ1n) is 6.56. The summed E-state index contributed by atoms with van der Waals surface area (Å²) in [5.74, 6) is 0.165. The number of halogens is 2. The van der Waals surface area contributed by atoms with Crippen LogP contribution in [0.25, 0.3) is 5.57 Å². The lowest BCUT2D eigenvalue weighted by atomic mass is 10.0. The molecule has 0 fully saturated rings. The first kappa shape index (κ1) is 14.7. The van der Waals surface area contributed by atoms with E-state index in [0.717, 1.165) is 16.0 Å². The Morgan fingerprint density at radius 3 is 3.14 bits per heavy atom. The van der Waals surface area contributed by atoms with Gasteiger partial charge >= 0.3 is 6.09 Å². The molecule has 2 heterocycles. The van der Waals surface area contributed by atoms with Gasteiger partial charge in [0.15, 0.2) is 0 Å². The molecular weight excluding hydrogens is 361 g/mol. The molecule has 0 unspecified atom stereocenters. The second-order valence-electron chi connectivity index (χ2n) is 4.59. The highest BCUT2D eigenvalue weighted by Crippen LogP contribution is 2.45. The summed E-state index contributed by atoms with van der Waals surface area (Å²) in [6, 6.07) is 3.09. The van der Waals surface area contributed by atoms with E-state index in [1.165, 1.54) is 18.0 Å². The van der Waals surface area contributed by atoms with Gasteiger partial charge in [0.2, 0.25) is 0 Å². The highest BCUT2D eigenvalue weighted by Gasteiger charge is 2.32. The van der Waals surface area contributed by atoms with Gasteiger partial charge in [0, 0.05) is 23.0 Å². The van der Waals surface area contributed by atoms with Crippen molar-refractivity contribution in [1.82, 2.24) is 4.31 Å². The van der Waals surface area contributed by atoms with Gasteiger partial charge in [0.25, 0.3) is 0 Å². The molecule has 0 aliphatic carbocycles. The summed E-state index contributed by atoms with van der Waals surface area (Å²) < 4.78 is 26.3. The lowest BCUT2D eigenvalue weighted by Crippen LogP contribution is -2.23. The maximum atomic E-state index is 13.7. The van der Waals surface area contributed by atoms with Gasteiger partial charge in [0.05, 0.1) is 24.2 Å². The zero-order valence-electron chi connectivity index (χ0n) is 11.3. The third-order valence-electron chi connectivity index (χ3n) is 3.26. The number of carbonyl (C=O) groups excluding carboxylic acids is 1. The summed E-state index contributed by atoms with van der Waals surface area (Å²) >= 11 is 4.58. The van der Waals surface area contributed by atoms with Crippen molar-refractivity contribution in [1.29, 1.82) is 0 Å². The van der Waals surface area contributed by atoms with E-state index in [1.54, 1.807) is 17.3 Å². The van der Waals surface area contributed by atoms with Crippen molar-refractivity contribution < 1.29 is 18.7 Å². The van der Waals surface area contributed by atoms with E-state index in [-0.39, 0.29) is 11.9 Å². The van der Waals surface area contributed by atoms with E-state index < -0.39 is 0 Å². The number of carbonyl (C=O) groups is 1. The van der Waals surface area contributed by atoms with Gasteiger partial charge in [-0.25, -0.2) is 13.5 Å². The van der Waals surface area contributed by atoms with Crippen LogP contribution in [0.5, 0.6) is 5.75 Å². The molecule has 112 valence electrons. The molecule has 21 heavy (non-hydrogen) atoms. The Morgan fingerprint density at radius 1 is 1.57 bits per heavy atom. The summed E-state index contributed by atoms with van der Waals surface area (Å²) in [5.41, 5.74) is 1.83. The maximum absolute atomic E-state index is 13.7. The molecule has 2 aliphatic rings. The number of hydrogen-bond acceptors (Lipinski definition) is 4. The summed E-state index contributed by atoms with van der Waals surface area (Å²) in [6.45, 7) is 3.03. The van der Waals surface area contributed by atoms with Crippen molar-refractivity contribution in [3.8, 4) is 5.75 Å². The SMILES string of the molecule is CCOC(=O)N1CC2=C(CCOc3cc(F)c(Br)cc32)S1. The highest BCUT2D eigenvalue weighted by molar-refractivity contribution is 9.10. The van der Waals surface area contributed by atoms with Crippen LogP contribution >= 0.6 is 27.9 Å². The third-order valence-corrected chi connectivity index (χ3v) is 5.04. The van der Waals surface area contributed by atoms with Crippen LogP contribution in [0.3, 0.4) is 0 Å². The number of hydrogen-bond donors (Lipinski definition) is 0. The van der Waals surface area contributed by atoms with Crippen LogP contribution < -0.4 is 4.74 Å². The molecule has 3 rings (SSSR count). The van der Waals surface area contributed by atoms with Gasteiger partial charge in [-0.1, -0.05) is 0 Å². The van der Waals surface area contributed by atoms with Crippen molar-refractivity contribution in [3.05, 3.63) is 32.9 Å². The van der Waals surface area contributed by atoms with Gasteiger partial charge in [-0.3, -0.25) is 0 Å². The Bertz CT molecular complexity index is 635. The molecule has 0 atom stereocenters. The number of benzene rings is 1. The highest BCUT2D eigenvalue weighted by atomic mass is 79.9. The Kier molecular flexibility index (Phi) is 4.12. The van der Waals surface area contributed by atoms with Gasteiger partial charge in [-0.2, -0.15) is 0 Å². The van der Waals surface area contributed by atoms with E-state index in [2.05, 4.69) is 15.9 Å². The fraction of sp³-hybridized carbons (Fsp3) is 0.357. The molecule has 1 aromatic carbocycles. The molecule has 0 spiro atoms. The fourth-order valence-corrected chi connectivity index (χ4v) is 3.71. The van der Waals surface area contributed by atoms with Crippen LogP contribution in [-0.4, -0.2) is 30.2 Å². The van der Waals surface area contributed by atoms with Crippen LogP contribution in [0.15, 0.2) is 21.5 Å². The zero-order valence-corrected chi connectivity index (χ0v) is 13.7. The van der Waals surface area contributed by atoms with Gasteiger partial charge in [-0.15, -0.1) is 0 Å². The number of rotatable bonds is 1. The summed E-state index contributed by atoms with van der Waals surface area (Å²) in [5, 5.41) is 0. The quantitative estimate of drug-likeness (QED) is 0.691. The van der Waals surface area contributed by atoms with Crippen LogP contribution in [0.2, 0.25) is 0 Å². The van der Waals surface area contributed by atoms with E-state index in [1.807, 2.05) is 0 Å². The number of amides is 1. The predicted octanol–water partition coefficient (Wildman–Crippen LogP) is 4.20. The van der Waals surface area contributed by atoms with Crippen LogP contribution in [0, 0.1) is 5.82 Å². The van der Waals surface area contributed by atoms with E-state index in [0.29, 0.717) is 36.4 Å². The molecule has 4 nitrogen and oxygen atoms in total. The minimum absolute atomic E-state index is 0.344.